The van der Waals surface area contributed by atoms with Gasteiger partial charge in [-0.15, -0.1) is 11.8 Å². The van der Waals surface area contributed by atoms with E-state index in [0.717, 1.165) is 62.7 Å². The molecule has 2 N–H and O–H groups in total. The van der Waals surface area contributed by atoms with Crippen molar-refractivity contribution in [2.45, 2.75) is 76.5 Å². The van der Waals surface area contributed by atoms with E-state index in [0.29, 0.717) is 18.1 Å². The standard InChI is InChI=1S/C40H47NO3S/c1-28(34-17-19-35(20-18-34)29(2)43)37-10-6-9-33(22-37)27-45-39-23-38(41-25-39)24-40(44)36-15-13-30(14-16-36)11-12-32(26-42)21-31-7-4-3-5-8-31/h3-10,13-16,22,25,32,34-35,38,41-42H,1,11-12,17-21,23-24,26-27H2,2H3/t32-,34?,35?,38?/m1/s1. The van der Waals surface area contributed by atoms with Crippen LogP contribution in [0.4, 0.5) is 0 Å². The Morgan fingerprint density at radius 3 is 2.31 bits per heavy atom. The van der Waals surface area contributed by atoms with E-state index < -0.39 is 0 Å². The number of ketones is 2. The monoisotopic (exact) mass is 621 g/mol. The molecule has 3 aromatic rings. The lowest BCUT2D eigenvalue weighted by molar-refractivity contribution is -0.121. The summed E-state index contributed by atoms with van der Waals surface area (Å²) in [6.07, 6.45) is 10.2. The van der Waals surface area contributed by atoms with E-state index in [2.05, 4.69) is 66.6 Å². The van der Waals surface area contributed by atoms with Crippen LogP contribution in [-0.4, -0.2) is 29.3 Å². The molecule has 4 nitrogen and oxygen atoms in total. The van der Waals surface area contributed by atoms with Crippen LogP contribution in [0.5, 0.6) is 0 Å². The maximum atomic E-state index is 13.1. The van der Waals surface area contributed by atoms with Gasteiger partial charge in [-0.3, -0.25) is 9.59 Å². The van der Waals surface area contributed by atoms with Gasteiger partial charge in [0.2, 0.25) is 0 Å². The molecular weight excluding hydrogens is 575 g/mol. The fourth-order valence-corrected chi connectivity index (χ4v) is 7.70. The van der Waals surface area contributed by atoms with Crippen LogP contribution in [-0.2, 0) is 23.4 Å². The maximum absolute atomic E-state index is 13.1. The minimum Gasteiger partial charge on any atom is -0.396 e. The summed E-state index contributed by atoms with van der Waals surface area (Å²) in [6, 6.07) is 27.2. The third-order valence-electron chi connectivity index (χ3n) is 9.62. The van der Waals surface area contributed by atoms with Gasteiger partial charge in [-0.25, -0.2) is 0 Å². The molecule has 1 fully saturated rings. The van der Waals surface area contributed by atoms with E-state index in [1.54, 1.807) is 6.92 Å². The zero-order chi connectivity index (χ0) is 31.6. The molecule has 1 saturated carbocycles. The minimum atomic E-state index is 0.124. The number of aliphatic hydroxyl groups excluding tert-OH is 1. The van der Waals surface area contributed by atoms with Gasteiger partial charge in [-0.1, -0.05) is 85.4 Å². The Kier molecular flexibility index (Phi) is 11.9. The van der Waals surface area contributed by atoms with E-state index in [1.165, 1.54) is 32.7 Å². The highest BCUT2D eigenvalue weighted by Crippen LogP contribution is 2.38. The molecule has 1 aliphatic heterocycles. The van der Waals surface area contributed by atoms with Crippen LogP contribution in [0.1, 0.15) is 84.5 Å². The Morgan fingerprint density at radius 1 is 0.889 bits per heavy atom. The predicted octanol–water partition coefficient (Wildman–Crippen LogP) is 8.59. The fourth-order valence-electron chi connectivity index (χ4n) is 6.70. The number of hydrogen-bond acceptors (Lipinski definition) is 5. The Hall–Kier alpha value is -3.41. The van der Waals surface area contributed by atoms with Gasteiger partial charge in [0.1, 0.15) is 5.78 Å². The quantitative estimate of drug-likeness (QED) is 0.166. The molecule has 0 radical (unpaired) electrons. The molecule has 45 heavy (non-hydrogen) atoms. The lowest BCUT2D eigenvalue weighted by Gasteiger charge is -2.28. The number of nitrogens with one attached hydrogen (secondary N) is 1. The first-order valence-corrected chi connectivity index (χ1v) is 17.5. The number of allylic oxidation sites excluding steroid dienone is 1. The molecule has 0 aromatic heterocycles. The van der Waals surface area contributed by atoms with E-state index in [9.17, 15) is 14.7 Å². The SMILES string of the molecule is C=C(c1cccc(CSC2=CNC(CC(=O)c3ccc(CC[C@@H](CO)Cc4ccccc4)cc3)C2)c1)C1CCC(C(C)=O)CC1. The third kappa shape index (κ3) is 9.54. The first-order chi connectivity index (χ1) is 21.9. The summed E-state index contributed by atoms with van der Waals surface area (Å²) in [5.74, 6) is 2.30. The maximum Gasteiger partial charge on any atom is 0.164 e. The first kappa shape index (κ1) is 33.0. The van der Waals surface area contributed by atoms with E-state index in [1.807, 2.05) is 42.1 Å². The summed E-state index contributed by atoms with van der Waals surface area (Å²) in [4.78, 5) is 26.1. The molecule has 5 rings (SSSR count). The van der Waals surface area contributed by atoms with Gasteiger partial charge in [-0.2, -0.15) is 0 Å². The predicted molar refractivity (Wildman–Crippen MR) is 187 cm³/mol. The van der Waals surface area contributed by atoms with Gasteiger partial charge in [0.25, 0.3) is 0 Å². The molecule has 1 heterocycles. The van der Waals surface area contributed by atoms with Crippen LogP contribution in [0.25, 0.3) is 5.57 Å². The van der Waals surface area contributed by atoms with Gasteiger partial charge in [0.15, 0.2) is 5.78 Å². The van der Waals surface area contributed by atoms with Crippen molar-refractivity contribution in [3.05, 3.63) is 124 Å². The second-order valence-corrected chi connectivity index (χ2v) is 14.1. The number of aliphatic hydroxyl groups is 1. The molecule has 3 aromatic carbocycles. The largest absolute Gasteiger partial charge is 0.396 e. The molecule has 5 heteroatoms. The van der Waals surface area contributed by atoms with Crippen molar-refractivity contribution >= 4 is 28.9 Å². The second kappa shape index (κ2) is 16.2. The lowest BCUT2D eigenvalue weighted by Crippen LogP contribution is -2.23. The Balaban J connectivity index is 1.04. The summed E-state index contributed by atoms with van der Waals surface area (Å²) >= 11 is 1.84. The number of carbonyl (C=O) groups is 2. The molecule has 1 unspecified atom stereocenters. The van der Waals surface area contributed by atoms with Crippen molar-refractivity contribution < 1.29 is 14.7 Å². The fraction of sp³-hybridized carbons (Fsp3) is 0.400. The van der Waals surface area contributed by atoms with Gasteiger partial charge in [0.05, 0.1) is 0 Å². The molecule has 0 amide bonds. The van der Waals surface area contributed by atoms with Crippen LogP contribution in [0.2, 0.25) is 0 Å². The second-order valence-electron chi connectivity index (χ2n) is 13.0. The molecule has 236 valence electrons. The highest BCUT2D eigenvalue weighted by atomic mass is 32.2. The number of benzene rings is 3. The van der Waals surface area contributed by atoms with Crippen molar-refractivity contribution in [2.75, 3.05) is 6.61 Å². The number of hydrogen-bond donors (Lipinski definition) is 2. The van der Waals surface area contributed by atoms with Gasteiger partial charge in [0, 0.05) is 53.8 Å². The van der Waals surface area contributed by atoms with Gasteiger partial charge < -0.3 is 10.4 Å². The van der Waals surface area contributed by atoms with E-state index >= 15 is 0 Å². The van der Waals surface area contributed by atoms with E-state index in [-0.39, 0.29) is 30.3 Å². The summed E-state index contributed by atoms with van der Waals surface area (Å²) in [6.45, 7) is 6.35. The first-order valence-electron chi connectivity index (χ1n) is 16.5. The van der Waals surface area contributed by atoms with Crippen molar-refractivity contribution in [1.29, 1.82) is 0 Å². The van der Waals surface area contributed by atoms with Crippen molar-refractivity contribution in [1.82, 2.24) is 5.32 Å². The summed E-state index contributed by atoms with van der Waals surface area (Å²) in [5, 5.41) is 13.3. The Morgan fingerprint density at radius 2 is 1.60 bits per heavy atom. The smallest absolute Gasteiger partial charge is 0.164 e. The van der Waals surface area contributed by atoms with Gasteiger partial charge in [-0.05, 0) is 91.5 Å². The zero-order valence-electron chi connectivity index (χ0n) is 26.5. The van der Waals surface area contributed by atoms with Gasteiger partial charge >= 0.3 is 0 Å². The minimum absolute atomic E-state index is 0.124. The Labute approximate surface area is 273 Å². The van der Waals surface area contributed by atoms with Crippen LogP contribution < -0.4 is 5.32 Å². The summed E-state index contributed by atoms with van der Waals surface area (Å²) in [7, 11) is 0. The molecule has 2 atom stereocenters. The molecule has 0 spiro atoms. The molecule has 0 bridgehead atoms. The molecular formula is C40H47NO3S. The number of thioether (sulfide) groups is 1. The number of aryl methyl sites for hydroxylation is 1. The number of carbonyl (C=O) groups excluding carboxylic acids is 2. The van der Waals surface area contributed by atoms with Crippen LogP contribution in [0.15, 0.2) is 96.5 Å². The number of rotatable bonds is 15. The highest BCUT2D eigenvalue weighted by Gasteiger charge is 2.26. The average Bonchev–Trinajstić information content (AvgIpc) is 3.53. The summed E-state index contributed by atoms with van der Waals surface area (Å²) < 4.78 is 0. The molecule has 2 aliphatic rings. The van der Waals surface area contributed by atoms with Crippen LogP contribution in [0.3, 0.4) is 0 Å². The van der Waals surface area contributed by atoms with Crippen molar-refractivity contribution in [3.63, 3.8) is 0 Å². The van der Waals surface area contributed by atoms with Crippen LogP contribution >= 0.6 is 11.8 Å². The molecule has 0 saturated heterocycles. The molecule has 1 aliphatic carbocycles. The van der Waals surface area contributed by atoms with Crippen LogP contribution in [0, 0.1) is 17.8 Å². The highest BCUT2D eigenvalue weighted by molar-refractivity contribution is 8.02. The Bertz CT molecular complexity index is 1470. The zero-order valence-corrected chi connectivity index (χ0v) is 27.4. The van der Waals surface area contributed by atoms with Crippen molar-refractivity contribution in [3.8, 4) is 0 Å². The lowest BCUT2D eigenvalue weighted by atomic mass is 9.76. The third-order valence-corrected chi connectivity index (χ3v) is 10.8. The summed E-state index contributed by atoms with van der Waals surface area (Å²) in [5.41, 5.74) is 6.91. The van der Waals surface area contributed by atoms with Crippen molar-refractivity contribution in [2.24, 2.45) is 17.8 Å². The average molecular weight is 622 g/mol. The number of Topliss-reactive ketones (excluding diaryl/α,β-unsaturated/α-hetero) is 2. The normalized spacial score (nSPS) is 20.2. The topological polar surface area (TPSA) is 66.4 Å². The van der Waals surface area contributed by atoms with E-state index in [4.69, 9.17) is 0 Å².